The number of esters is 2. The van der Waals surface area contributed by atoms with Crippen molar-refractivity contribution in [1.29, 1.82) is 0 Å². The number of hydrogen-bond donors (Lipinski definition) is 1. The second-order valence-electron chi connectivity index (χ2n) is 8.45. The smallest absolute Gasteiger partial charge is 0.350 e. The fraction of sp³-hybridized carbons (Fsp3) is 0.833. The number of ether oxygens (including phenoxy) is 2. The van der Waals surface area contributed by atoms with Gasteiger partial charge in [-0.15, -0.1) is 0 Å². The van der Waals surface area contributed by atoms with E-state index in [1.165, 1.54) is 13.8 Å². The van der Waals surface area contributed by atoms with Crippen molar-refractivity contribution in [3.63, 3.8) is 0 Å². The van der Waals surface area contributed by atoms with Crippen molar-refractivity contribution in [3.8, 4) is 0 Å². The predicted molar refractivity (Wildman–Crippen MR) is 90.1 cm³/mol. The molecule has 138 valence electrons. The minimum absolute atomic E-state index is 0.271. The Morgan fingerprint density at radius 1 is 1.21 bits per heavy atom. The number of carbonyl (C=O) groups excluding carboxylic acids is 3. The summed E-state index contributed by atoms with van der Waals surface area (Å²) in [6.07, 6.45) is 0.315. The SMILES string of the molecule is CC(C)CC(C(=O)OC(C)(C)C(=O)OC1CCNC1=O)C(C)(C)C. The molecule has 0 aromatic heterocycles. The first-order chi connectivity index (χ1) is 10.8. The molecule has 0 aromatic carbocycles. The van der Waals surface area contributed by atoms with Crippen molar-refractivity contribution in [2.24, 2.45) is 17.3 Å². The van der Waals surface area contributed by atoms with Crippen LogP contribution in [0.3, 0.4) is 0 Å². The molecule has 0 aromatic rings. The number of nitrogens with one attached hydrogen (secondary N) is 1. The summed E-state index contributed by atoms with van der Waals surface area (Å²) in [5.74, 6) is -1.40. The van der Waals surface area contributed by atoms with Crippen LogP contribution in [-0.4, -0.2) is 36.1 Å². The van der Waals surface area contributed by atoms with Crippen LogP contribution in [0.5, 0.6) is 0 Å². The van der Waals surface area contributed by atoms with Crippen LogP contribution in [0.1, 0.15) is 61.3 Å². The molecule has 0 saturated carbocycles. The fourth-order valence-corrected chi connectivity index (χ4v) is 2.59. The molecule has 6 nitrogen and oxygen atoms in total. The first-order valence-electron chi connectivity index (χ1n) is 8.56. The van der Waals surface area contributed by atoms with Crippen LogP contribution in [0.25, 0.3) is 0 Å². The van der Waals surface area contributed by atoms with E-state index in [0.29, 0.717) is 25.3 Å². The summed E-state index contributed by atoms with van der Waals surface area (Å²) in [5.41, 5.74) is -1.70. The predicted octanol–water partition coefficient (Wildman–Crippen LogP) is 2.45. The Morgan fingerprint density at radius 2 is 1.79 bits per heavy atom. The van der Waals surface area contributed by atoms with Crippen molar-refractivity contribution in [2.75, 3.05) is 6.54 Å². The summed E-state index contributed by atoms with van der Waals surface area (Å²) in [7, 11) is 0. The molecule has 1 heterocycles. The van der Waals surface area contributed by atoms with Gasteiger partial charge in [0.25, 0.3) is 5.91 Å². The van der Waals surface area contributed by atoms with Crippen LogP contribution >= 0.6 is 0 Å². The van der Waals surface area contributed by atoms with Gasteiger partial charge in [-0.25, -0.2) is 4.79 Å². The highest BCUT2D eigenvalue weighted by molar-refractivity contribution is 5.88. The molecule has 1 N–H and O–H groups in total. The molecule has 24 heavy (non-hydrogen) atoms. The van der Waals surface area contributed by atoms with Crippen LogP contribution in [0.4, 0.5) is 0 Å². The average molecular weight is 341 g/mol. The van der Waals surface area contributed by atoms with Crippen LogP contribution < -0.4 is 5.32 Å². The summed E-state index contributed by atoms with van der Waals surface area (Å²) in [6.45, 7) is 13.5. The maximum Gasteiger partial charge on any atom is 0.350 e. The van der Waals surface area contributed by atoms with E-state index in [1.54, 1.807) is 0 Å². The standard InChI is InChI=1S/C18H31NO5/c1-11(2)10-12(17(3,4)5)15(21)24-18(6,7)16(22)23-13-8-9-19-14(13)20/h11-13H,8-10H2,1-7H3,(H,19,20). The van der Waals surface area contributed by atoms with Crippen LogP contribution in [0.15, 0.2) is 0 Å². The molecular weight excluding hydrogens is 310 g/mol. The van der Waals surface area contributed by atoms with E-state index in [4.69, 9.17) is 9.47 Å². The minimum atomic E-state index is -1.43. The average Bonchev–Trinajstić information content (AvgIpc) is 2.79. The third-order valence-electron chi connectivity index (χ3n) is 4.13. The Hall–Kier alpha value is -1.59. The number of hydrogen-bond acceptors (Lipinski definition) is 5. The van der Waals surface area contributed by atoms with Gasteiger partial charge in [0.1, 0.15) is 0 Å². The van der Waals surface area contributed by atoms with E-state index in [1.807, 2.05) is 34.6 Å². The summed E-state index contributed by atoms with van der Waals surface area (Å²) in [4.78, 5) is 36.5. The third-order valence-corrected chi connectivity index (χ3v) is 4.13. The highest BCUT2D eigenvalue weighted by Gasteiger charge is 2.42. The van der Waals surface area contributed by atoms with Crippen molar-refractivity contribution in [3.05, 3.63) is 0 Å². The Morgan fingerprint density at radius 3 is 2.21 bits per heavy atom. The molecule has 2 unspecified atom stereocenters. The molecule has 0 aliphatic carbocycles. The summed E-state index contributed by atoms with van der Waals surface area (Å²) in [6, 6.07) is 0. The van der Waals surface area contributed by atoms with Crippen molar-refractivity contribution < 1.29 is 23.9 Å². The maximum absolute atomic E-state index is 12.6. The number of rotatable bonds is 6. The molecule has 1 fully saturated rings. The lowest BCUT2D eigenvalue weighted by atomic mass is 9.76. The van der Waals surface area contributed by atoms with Gasteiger partial charge in [0.15, 0.2) is 6.10 Å². The van der Waals surface area contributed by atoms with Crippen LogP contribution in [-0.2, 0) is 23.9 Å². The highest BCUT2D eigenvalue weighted by Crippen LogP contribution is 2.33. The van der Waals surface area contributed by atoms with E-state index in [2.05, 4.69) is 5.32 Å². The van der Waals surface area contributed by atoms with Gasteiger partial charge in [0.05, 0.1) is 5.92 Å². The molecule has 1 saturated heterocycles. The lowest BCUT2D eigenvalue weighted by Crippen LogP contribution is -2.44. The van der Waals surface area contributed by atoms with Crippen molar-refractivity contribution in [2.45, 2.75) is 73.0 Å². The molecule has 1 amide bonds. The quantitative estimate of drug-likeness (QED) is 0.751. The Kier molecular flexibility index (Phi) is 6.42. The summed E-state index contributed by atoms with van der Waals surface area (Å²) < 4.78 is 10.7. The zero-order chi connectivity index (χ0) is 18.7. The highest BCUT2D eigenvalue weighted by atomic mass is 16.6. The van der Waals surface area contributed by atoms with Gasteiger partial charge in [-0.1, -0.05) is 34.6 Å². The van der Waals surface area contributed by atoms with Gasteiger partial charge >= 0.3 is 11.9 Å². The molecule has 1 rings (SSSR count). The molecule has 1 aliphatic heterocycles. The van der Waals surface area contributed by atoms with Gasteiger partial charge in [0, 0.05) is 13.0 Å². The topological polar surface area (TPSA) is 81.7 Å². The third kappa shape index (κ3) is 5.49. The molecule has 2 atom stereocenters. The second kappa shape index (κ2) is 7.53. The summed E-state index contributed by atoms with van der Waals surface area (Å²) >= 11 is 0. The van der Waals surface area contributed by atoms with Gasteiger partial charge < -0.3 is 14.8 Å². The first kappa shape index (κ1) is 20.5. The van der Waals surface area contributed by atoms with Gasteiger partial charge in [-0.05, 0) is 31.6 Å². The van der Waals surface area contributed by atoms with Crippen molar-refractivity contribution >= 4 is 17.8 Å². The molecular formula is C18H31NO5. The van der Waals surface area contributed by atoms with E-state index in [-0.39, 0.29) is 17.2 Å². The van der Waals surface area contributed by atoms with Gasteiger partial charge in [-0.2, -0.15) is 0 Å². The Bertz CT molecular complexity index is 490. The van der Waals surface area contributed by atoms with E-state index >= 15 is 0 Å². The van der Waals surface area contributed by atoms with Gasteiger partial charge in [0.2, 0.25) is 5.60 Å². The minimum Gasteiger partial charge on any atom is -0.449 e. The van der Waals surface area contributed by atoms with Crippen LogP contribution in [0, 0.1) is 17.3 Å². The van der Waals surface area contributed by atoms with E-state index < -0.39 is 23.6 Å². The molecule has 0 bridgehead atoms. The Balaban J connectivity index is 2.77. The number of amides is 1. The van der Waals surface area contributed by atoms with Crippen LogP contribution in [0.2, 0.25) is 0 Å². The van der Waals surface area contributed by atoms with Gasteiger partial charge in [-0.3, -0.25) is 9.59 Å². The van der Waals surface area contributed by atoms with E-state index in [0.717, 1.165) is 0 Å². The lowest BCUT2D eigenvalue weighted by molar-refractivity contribution is -0.187. The summed E-state index contributed by atoms with van der Waals surface area (Å²) in [5, 5.41) is 2.60. The van der Waals surface area contributed by atoms with Crippen molar-refractivity contribution in [1.82, 2.24) is 5.32 Å². The second-order valence-corrected chi connectivity index (χ2v) is 8.45. The zero-order valence-corrected chi connectivity index (χ0v) is 15.9. The number of carbonyl (C=O) groups is 3. The van der Waals surface area contributed by atoms with E-state index in [9.17, 15) is 14.4 Å². The molecule has 6 heteroatoms. The molecule has 1 aliphatic rings. The molecule has 0 spiro atoms. The molecule has 0 radical (unpaired) electrons. The normalized spacial score (nSPS) is 19.8. The first-order valence-corrected chi connectivity index (χ1v) is 8.56. The monoisotopic (exact) mass is 341 g/mol. The largest absolute Gasteiger partial charge is 0.449 e. The fourth-order valence-electron chi connectivity index (χ4n) is 2.59. The lowest BCUT2D eigenvalue weighted by Gasteiger charge is -2.33. The Labute approximate surface area is 144 Å². The maximum atomic E-state index is 12.6. The zero-order valence-electron chi connectivity index (χ0n) is 15.9.